The summed E-state index contributed by atoms with van der Waals surface area (Å²) in [5.74, 6) is -0.652. The Balaban J connectivity index is 1.79. The molecule has 0 saturated carbocycles. The van der Waals surface area contributed by atoms with Gasteiger partial charge in [-0.3, -0.25) is 4.79 Å². The minimum absolute atomic E-state index is 0.000298. The molecule has 0 aliphatic heterocycles. The molecule has 0 bridgehead atoms. The van der Waals surface area contributed by atoms with Gasteiger partial charge in [-0.15, -0.1) is 0 Å². The van der Waals surface area contributed by atoms with Gasteiger partial charge in [-0.05, 0) is 18.2 Å². The van der Waals surface area contributed by atoms with Gasteiger partial charge in [0.15, 0.2) is 11.5 Å². The number of phenols is 1. The van der Waals surface area contributed by atoms with Crippen molar-refractivity contribution in [3.05, 3.63) is 75.3 Å². The quantitative estimate of drug-likeness (QED) is 0.451. The third kappa shape index (κ3) is 4.18. The number of hydrogen-bond donors (Lipinski definition) is 3. The lowest BCUT2D eigenvalue weighted by molar-refractivity contribution is 0.0949. The van der Waals surface area contributed by atoms with Crippen molar-refractivity contribution in [3.63, 3.8) is 0 Å². The number of rotatable bonds is 5. The van der Waals surface area contributed by atoms with E-state index in [1.165, 1.54) is 25.5 Å². The molecule has 0 aliphatic rings. The second kappa shape index (κ2) is 8.36. The Morgan fingerprint density at radius 1 is 1.29 bits per heavy atom. The zero-order chi connectivity index (χ0) is 20.1. The molecule has 2 aromatic carbocycles. The lowest BCUT2D eigenvalue weighted by atomic mass is 10.1. The molecule has 28 heavy (non-hydrogen) atoms. The molecule has 0 aliphatic carbocycles. The maximum Gasteiger partial charge on any atom is 0.346 e. The van der Waals surface area contributed by atoms with Crippen LogP contribution in [0.4, 0.5) is 0 Å². The molecule has 3 aromatic rings. The van der Waals surface area contributed by atoms with E-state index in [0.717, 1.165) is 0 Å². The maximum absolute atomic E-state index is 12.3. The predicted octanol–water partition coefficient (Wildman–Crippen LogP) is 2.57. The molecule has 9 heteroatoms. The summed E-state index contributed by atoms with van der Waals surface area (Å²) in [5.41, 5.74) is 3.07. The molecule has 1 heterocycles. The first-order chi connectivity index (χ1) is 13.5. The molecule has 0 spiro atoms. The first kappa shape index (κ1) is 19.1. The topological polar surface area (TPSA) is 117 Å². The van der Waals surface area contributed by atoms with E-state index in [0.29, 0.717) is 16.8 Å². The molecule has 3 N–H and O–H groups in total. The molecule has 8 nitrogen and oxygen atoms in total. The number of phenolic OH excluding ortho intramolecular Hbond substituents is 1. The van der Waals surface area contributed by atoms with Gasteiger partial charge >= 0.3 is 5.69 Å². The third-order valence-electron chi connectivity index (χ3n) is 3.76. The molecule has 0 saturated heterocycles. The maximum atomic E-state index is 12.3. The van der Waals surface area contributed by atoms with Crippen LogP contribution >= 0.6 is 11.6 Å². The number of methoxy groups -OCH3 is 1. The molecule has 0 atom stereocenters. The lowest BCUT2D eigenvalue weighted by Gasteiger charge is -2.06. The van der Waals surface area contributed by atoms with Crippen molar-refractivity contribution in [3.8, 4) is 22.8 Å². The second-order valence-electron chi connectivity index (χ2n) is 5.57. The summed E-state index contributed by atoms with van der Waals surface area (Å²) in [4.78, 5) is 30.3. The van der Waals surface area contributed by atoms with Crippen molar-refractivity contribution in [1.29, 1.82) is 0 Å². The van der Waals surface area contributed by atoms with Crippen molar-refractivity contribution >= 4 is 23.7 Å². The minimum atomic E-state index is -0.654. The molecule has 3 rings (SSSR count). The Morgan fingerprint density at radius 2 is 2.04 bits per heavy atom. The standard InChI is InChI=1S/C19H15ClN4O4/c1-28-15-8-7-12(16(20)17(15)25)10-21-24-18(26)14-9-13(22-19(27)23-14)11-5-3-2-4-6-11/h2-10,25H,1H3,(H,24,26)(H,22,23,27)/b21-10+. The minimum Gasteiger partial charge on any atom is -0.503 e. The number of hydrazone groups is 1. The van der Waals surface area contributed by atoms with Crippen LogP contribution in [-0.4, -0.2) is 34.3 Å². The zero-order valence-electron chi connectivity index (χ0n) is 14.6. The predicted molar refractivity (Wildman–Crippen MR) is 105 cm³/mol. The first-order valence-corrected chi connectivity index (χ1v) is 8.43. The first-order valence-electron chi connectivity index (χ1n) is 8.05. The Labute approximate surface area is 164 Å². The molecular weight excluding hydrogens is 384 g/mol. The van der Waals surface area contributed by atoms with Gasteiger partial charge in [0.25, 0.3) is 5.91 Å². The van der Waals surface area contributed by atoms with Gasteiger partial charge < -0.3 is 14.8 Å². The number of aromatic hydroxyl groups is 1. The molecule has 1 aromatic heterocycles. The summed E-state index contributed by atoms with van der Waals surface area (Å²) in [6.45, 7) is 0. The van der Waals surface area contributed by atoms with Gasteiger partial charge in [0.1, 0.15) is 5.69 Å². The molecule has 0 unspecified atom stereocenters. The van der Waals surface area contributed by atoms with Crippen molar-refractivity contribution in [1.82, 2.24) is 15.4 Å². The van der Waals surface area contributed by atoms with Gasteiger partial charge in [0, 0.05) is 11.1 Å². The van der Waals surface area contributed by atoms with Gasteiger partial charge in [-0.25, -0.2) is 10.2 Å². The fraction of sp³-hybridized carbons (Fsp3) is 0.0526. The second-order valence-corrected chi connectivity index (χ2v) is 5.95. The molecule has 142 valence electrons. The van der Waals surface area contributed by atoms with E-state index in [1.54, 1.807) is 30.3 Å². The summed E-state index contributed by atoms with van der Waals surface area (Å²) in [7, 11) is 1.40. The number of carbonyl (C=O) groups excluding carboxylic acids is 1. The molecule has 0 radical (unpaired) electrons. The van der Waals surface area contributed by atoms with E-state index >= 15 is 0 Å². The molecule has 1 amide bonds. The Bertz CT molecular complexity index is 1100. The van der Waals surface area contributed by atoms with E-state index in [9.17, 15) is 14.7 Å². The number of aromatic nitrogens is 2. The van der Waals surface area contributed by atoms with E-state index in [-0.39, 0.29) is 22.2 Å². The SMILES string of the molecule is COc1ccc(/C=N/NC(=O)c2cc(-c3ccccc3)nc(=O)[nH]2)c(Cl)c1O. The Kier molecular flexibility index (Phi) is 5.71. The van der Waals surface area contributed by atoms with E-state index in [4.69, 9.17) is 16.3 Å². The highest BCUT2D eigenvalue weighted by Gasteiger charge is 2.12. The lowest BCUT2D eigenvalue weighted by Crippen LogP contribution is -2.24. The summed E-state index contributed by atoms with van der Waals surface area (Å²) in [6.07, 6.45) is 1.26. The van der Waals surface area contributed by atoms with Crippen LogP contribution in [0.1, 0.15) is 16.1 Å². The number of nitrogens with one attached hydrogen (secondary N) is 2. The van der Waals surface area contributed by atoms with E-state index < -0.39 is 11.6 Å². The van der Waals surface area contributed by atoms with Gasteiger partial charge in [0.05, 0.1) is 24.0 Å². The fourth-order valence-electron chi connectivity index (χ4n) is 2.38. The van der Waals surface area contributed by atoms with Crippen LogP contribution in [0.25, 0.3) is 11.3 Å². The monoisotopic (exact) mass is 398 g/mol. The third-order valence-corrected chi connectivity index (χ3v) is 4.15. The molecule has 0 fully saturated rings. The van der Waals surface area contributed by atoms with Gasteiger partial charge in [-0.1, -0.05) is 41.9 Å². The van der Waals surface area contributed by atoms with E-state index in [2.05, 4.69) is 20.5 Å². The fourth-order valence-corrected chi connectivity index (χ4v) is 2.59. The van der Waals surface area contributed by atoms with E-state index in [1.807, 2.05) is 6.07 Å². The van der Waals surface area contributed by atoms with Crippen molar-refractivity contribution < 1.29 is 14.6 Å². The van der Waals surface area contributed by atoms with Crippen LogP contribution in [0.3, 0.4) is 0 Å². The smallest absolute Gasteiger partial charge is 0.346 e. The number of aromatic amines is 1. The highest BCUT2D eigenvalue weighted by atomic mass is 35.5. The highest BCUT2D eigenvalue weighted by molar-refractivity contribution is 6.34. The van der Waals surface area contributed by atoms with Crippen LogP contribution in [0.2, 0.25) is 5.02 Å². The number of amides is 1. The van der Waals surface area contributed by atoms with Crippen LogP contribution in [0.15, 0.2) is 58.4 Å². The van der Waals surface area contributed by atoms with Crippen LogP contribution in [0, 0.1) is 0 Å². The number of benzene rings is 2. The van der Waals surface area contributed by atoms with Crippen molar-refractivity contribution in [2.45, 2.75) is 0 Å². The largest absolute Gasteiger partial charge is 0.503 e. The average molecular weight is 399 g/mol. The average Bonchev–Trinajstić information content (AvgIpc) is 2.71. The van der Waals surface area contributed by atoms with Crippen molar-refractivity contribution in [2.75, 3.05) is 7.11 Å². The number of hydrogen-bond acceptors (Lipinski definition) is 6. The summed E-state index contributed by atoms with van der Waals surface area (Å²) in [5, 5.41) is 13.7. The number of nitrogens with zero attached hydrogens (tertiary/aromatic N) is 2. The number of H-pyrrole nitrogens is 1. The Morgan fingerprint density at radius 3 is 2.75 bits per heavy atom. The summed E-state index contributed by atoms with van der Waals surface area (Å²) >= 11 is 6.03. The van der Waals surface area contributed by atoms with Crippen LogP contribution in [0.5, 0.6) is 11.5 Å². The van der Waals surface area contributed by atoms with Gasteiger partial charge in [0.2, 0.25) is 0 Å². The number of halogens is 1. The van der Waals surface area contributed by atoms with Crippen molar-refractivity contribution in [2.24, 2.45) is 5.10 Å². The van der Waals surface area contributed by atoms with Crippen LogP contribution < -0.4 is 15.9 Å². The van der Waals surface area contributed by atoms with Gasteiger partial charge in [-0.2, -0.15) is 10.1 Å². The summed E-state index contributed by atoms with van der Waals surface area (Å²) in [6, 6.07) is 13.5. The summed E-state index contributed by atoms with van der Waals surface area (Å²) < 4.78 is 4.95. The number of ether oxygens (including phenoxy) is 1. The zero-order valence-corrected chi connectivity index (χ0v) is 15.4. The highest BCUT2D eigenvalue weighted by Crippen LogP contribution is 2.35. The normalized spacial score (nSPS) is 10.8. The number of carbonyl (C=O) groups is 1. The Hall–Kier alpha value is -3.65. The molecular formula is C19H15ClN4O4. The van der Waals surface area contributed by atoms with Crippen LogP contribution in [-0.2, 0) is 0 Å².